The fourth-order valence-electron chi connectivity index (χ4n) is 2.80. The molecule has 5 nitrogen and oxygen atoms in total. The van der Waals surface area contributed by atoms with E-state index in [4.69, 9.17) is 0 Å². The normalized spacial score (nSPS) is 13.8. The lowest BCUT2D eigenvalue weighted by Crippen LogP contribution is -2.29. The van der Waals surface area contributed by atoms with E-state index in [-0.39, 0.29) is 18.2 Å². The predicted octanol–water partition coefficient (Wildman–Crippen LogP) is 3.32. The van der Waals surface area contributed by atoms with Gasteiger partial charge >= 0.3 is 0 Å². The van der Waals surface area contributed by atoms with Crippen molar-refractivity contribution in [1.29, 1.82) is 0 Å². The lowest BCUT2D eigenvalue weighted by Gasteiger charge is -2.10. The van der Waals surface area contributed by atoms with Gasteiger partial charge in [-0.15, -0.1) is 0 Å². The van der Waals surface area contributed by atoms with Gasteiger partial charge in [0.05, 0.1) is 12.1 Å². The van der Waals surface area contributed by atoms with Crippen LogP contribution in [0.15, 0.2) is 77.9 Å². The number of carbonyl (C=O) groups is 2. The summed E-state index contributed by atoms with van der Waals surface area (Å²) in [4.78, 5) is 24.6. The number of para-hydroxylation sites is 1. The second kappa shape index (κ2) is 6.20. The first-order chi connectivity index (χ1) is 12.2. The molecule has 2 amide bonds. The zero-order valence-corrected chi connectivity index (χ0v) is 13.3. The van der Waals surface area contributed by atoms with Gasteiger partial charge in [0, 0.05) is 5.56 Å². The lowest BCUT2D eigenvalue weighted by molar-refractivity contribution is -0.116. The van der Waals surface area contributed by atoms with Gasteiger partial charge in [-0.3, -0.25) is 9.59 Å². The van der Waals surface area contributed by atoms with Crippen LogP contribution >= 0.6 is 0 Å². The minimum atomic E-state index is -0.271. The standard InChI is InChI=1S/C20H15N3O2/c24-19-13-18(22-23(19)17-8-2-1-3-9-17)21-20(25)16-11-10-14-6-4-5-7-15(14)12-16/h1-12H,13H2,(H,21,22,25). The Balaban J connectivity index is 1.55. The third kappa shape index (κ3) is 2.99. The molecular formula is C20H15N3O2. The van der Waals surface area contributed by atoms with Crippen molar-refractivity contribution >= 4 is 34.1 Å². The summed E-state index contributed by atoms with van der Waals surface area (Å²) in [5.74, 6) is -0.0840. The molecular weight excluding hydrogens is 314 g/mol. The molecule has 3 aromatic rings. The number of carbonyl (C=O) groups excluding carboxylic acids is 2. The summed E-state index contributed by atoms with van der Waals surface area (Å²) in [6.07, 6.45) is 0.0776. The number of nitrogens with zero attached hydrogens (tertiary/aromatic N) is 2. The van der Waals surface area contributed by atoms with Gasteiger partial charge in [0.2, 0.25) is 0 Å². The third-order valence-electron chi connectivity index (χ3n) is 4.05. The van der Waals surface area contributed by atoms with Crippen LogP contribution in [0.25, 0.3) is 10.8 Å². The van der Waals surface area contributed by atoms with Gasteiger partial charge in [-0.25, -0.2) is 0 Å². The molecule has 0 unspecified atom stereocenters. The van der Waals surface area contributed by atoms with Crippen LogP contribution in [-0.4, -0.2) is 17.6 Å². The molecule has 0 aromatic heterocycles. The topological polar surface area (TPSA) is 61.8 Å². The zero-order valence-electron chi connectivity index (χ0n) is 13.3. The first-order valence-corrected chi connectivity index (χ1v) is 7.96. The Morgan fingerprint density at radius 2 is 1.64 bits per heavy atom. The molecule has 0 radical (unpaired) electrons. The van der Waals surface area contributed by atoms with E-state index >= 15 is 0 Å². The number of hydrazone groups is 1. The predicted molar refractivity (Wildman–Crippen MR) is 97.4 cm³/mol. The van der Waals surface area contributed by atoms with Crippen molar-refractivity contribution < 1.29 is 9.59 Å². The fraction of sp³-hybridized carbons (Fsp3) is 0.0500. The number of benzene rings is 3. The summed E-state index contributed by atoms with van der Waals surface area (Å²) >= 11 is 0. The Morgan fingerprint density at radius 3 is 2.44 bits per heavy atom. The van der Waals surface area contributed by atoms with E-state index in [1.807, 2.05) is 54.6 Å². The van der Waals surface area contributed by atoms with Gasteiger partial charge in [-0.1, -0.05) is 48.5 Å². The third-order valence-corrected chi connectivity index (χ3v) is 4.05. The van der Waals surface area contributed by atoms with E-state index in [2.05, 4.69) is 10.4 Å². The van der Waals surface area contributed by atoms with Gasteiger partial charge < -0.3 is 5.32 Å². The summed E-state index contributed by atoms with van der Waals surface area (Å²) in [5.41, 5.74) is 1.22. The fourth-order valence-corrected chi connectivity index (χ4v) is 2.80. The molecule has 5 heteroatoms. The van der Waals surface area contributed by atoms with Crippen LogP contribution in [0.5, 0.6) is 0 Å². The van der Waals surface area contributed by atoms with Gasteiger partial charge in [-0.05, 0) is 35.0 Å². The maximum absolute atomic E-state index is 12.5. The summed E-state index contributed by atoms with van der Waals surface area (Å²) < 4.78 is 0. The number of nitrogens with one attached hydrogen (secondary N) is 1. The Morgan fingerprint density at radius 1 is 0.920 bits per heavy atom. The van der Waals surface area contributed by atoms with Crippen molar-refractivity contribution in [2.45, 2.75) is 6.42 Å². The highest BCUT2D eigenvalue weighted by molar-refractivity contribution is 6.18. The number of hydrogen-bond acceptors (Lipinski definition) is 3. The minimum Gasteiger partial charge on any atom is -0.308 e. The first kappa shape index (κ1) is 15.1. The Labute approximate surface area is 144 Å². The summed E-state index contributed by atoms with van der Waals surface area (Å²) in [7, 11) is 0. The Kier molecular flexibility index (Phi) is 3.74. The van der Waals surface area contributed by atoms with Crippen molar-refractivity contribution in [2.24, 2.45) is 5.10 Å². The lowest BCUT2D eigenvalue weighted by atomic mass is 10.1. The van der Waals surface area contributed by atoms with E-state index in [1.54, 1.807) is 18.2 Å². The average Bonchev–Trinajstić information content (AvgIpc) is 3.02. The van der Waals surface area contributed by atoms with Crippen LogP contribution in [-0.2, 0) is 4.79 Å². The second-order valence-electron chi connectivity index (χ2n) is 5.78. The molecule has 0 atom stereocenters. The molecule has 0 saturated carbocycles. The monoisotopic (exact) mass is 329 g/mol. The van der Waals surface area contributed by atoms with Crippen LogP contribution in [0, 0.1) is 0 Å². The molecule has 1 aliphatic rings. The smallest absolute Gasteiger partial charge is 0.256 e. The molecule has 0 bridgehead atoms. The quantitative estimate of drug-likeness (QED) is 0.784. The van der Waals surface area contributed by atoms with E-state index in [9.17, 15) is 9.59 Å². The summed E-state index contributed by atoms with van der Waals surface area (Å²) in [6, 6.07) is 22.5. The van der Waals surface area contributed by atoms with Crippen LogP contribution in [0.1, 0.15) is 16.8 Å². The average molecular weight is 329 g/mol. The van der Waals surface area contributed by atoms with Crippen molar-refractivity contribution in [1.82, 2.24) is 5.32 Å². The second-order valence-corrected chi connectivity index (χ2v) is 5.78. The van der Waals surface area contributed by atoms with E-state index in [0.29, 0.717) is 17.1 Å². The molecule has 0 fully saturated rings. The van der Waals surface area contributed by atoms with Gasteiger partial charge in [0.1, 0.15) is 5.84 Å². The summed E-state index contributed by atoms with van der Waals surface area (Å²) in [5, 5.41) is 10.4. The highest BCUT2D eigenvalue weighted by atomic mass is 16.2. The maximum Gasteiger partial charge on any atom is 0.256 e. The summed E-state index contributed by atoms with van der Waals surface area (Å²) in [6.45, 7) is 0. The molecule has 4 rings (SSSR count). The van der Waals surface area contributed by atoms with Crippen molar-refractivity contribution in [3.63, 3.8) is 0 Å². The van der Waals surface area contributed by atoms with Gasteiger partial charge in [0.25, 0.3) is 11.8 Å². The first-order valence-electron chi connectivity index (χ1n) is 7.96. The van der Waals surface area contributed by atoms with Crippen LogP contribution in [0.2, 0.25) is 0 Å². The number of hydrogen-bond donors (Lipinski definition) is 1. The molecule has 25 heavy (non-hydrogen) atoms. The number of amides is 2. The number of amidine groups is 1. The highest BCUT2D eigenvalue weighted by Crippen LogP contribution is 2.20. The number of rotatable bonds is 2. The maximum atomic E-state index is 12.5. The van der Waals surface area contributed by atoms with Crippen LogP contribution in [0.3, 0.4) is 0 Å². The van der Waals surface area contributed by atoms with Gasteiger partial charge in [0.15, 0.2) is 0 Å². The molecule has 3 aromatic carbocycles. The number of fused-ring (bicyclic) bond motifs is 1. The van der Waals surface area contributed by atoms with Crippen LogP contribution < -0.4 is 10.3 Å². The largest absolute Gasteiger partial charge is 0.308 e. The number of anilines is 1. The van der Waals surface area contributed by atoms with E-state index in [0.717, 1.165) is 10.8 Å². The van der Waals surface area contributed by atoms with Crippen LogP contribution in [0.4, 0.5) is 5.69 Å². The SMILES string of the molecule is O=C(NC1=NN(c2ccccc2)C(=O)C1)c1ccc2ccccc2c1. The Bertz CT molecular complexity index is 996. The van der Waals surface area contributed by atoms with Crippen molar-refractivity contribution in [2.75, 3.05) is 5.01 Å². The van der Waals surface area contributed by atoms with Gasteiger partial charge in [-0.2, -0.15) is 10.1 Å². The Hall–Kier alpha value is -3.47. The van der Waals surface area contributed by atoms with E-state index < -0.39 is 0 Å². The van der Waals surface area contributed by atoms with E-state index in [1.165, 1.54) is 5.01 Å². The molecule has 1 N–H and O–H groups in total. The minimum absolute atomic E-state index is 0.0776. The highest BCUT2D eigenvalue weighted by Gasteiger charge is 2.26. The molecule has 0 saturated heterocycles. The molecule has 122 valence electrons. The van der Waals surface area contributed by atoms with Crippen molar-refractivity contribution in [3.8, 4) is 0 Å². The van der Waals surface area contributed by atoms with Crippen molar-refractivity contribution in [3.05, 3.63) is 78.4 Å². The molecule has 1 aliphatic heterocycles. The molecule has 0 spiro atoms. The zero-order chi connectivity index (χ0) is 17.2. The molecule has 1 heterocycles. The molecule has 0 aliphatic carbocycles.